The van der Waals surface area contributed by atoms with E-state index < -0.39 is 0 Å². The summed E-state index contributed by atoms with van der Waals surface area (Å²) in [5.74, 6) is 0.426. The van der Waals surface area contributed by atoms with Crippen molar-refractivity contribution >= 4 is 5.95 Å². The van der Waals surface area contributed by atoms with E-state index in [1.807, 2.05) is 19.9 Å². The van der Waals surface area contributed by atoms with Gasteiger partial charge in [-0.15, -0.1) is 0 Å². The van der Waals surface area contributed by atoms with E-state index in [1.54, 1.807) is 18.3 Å². The van der Waals surface area contributed by atoms with Crippen LogP contribution in [0.3, 0.4) is 0 Å². The summed E-state index contributed by atoms with van der Waals surface area (Å²) in [6.45, 7) is 4.53. The summed E-state index contributed by atoms with van der Waals surface area (Å²) in [6.07, 6.45) is 2.40. The zero-order valence-electron chi connectivity index (χ0n) is 10.6. The molecule has 0 fully saturated rings. The number of hydrogen-bond donors (Lipinski definition) is 1. The molecule has 3 nitrogen and oxygen atoms in total. The molecule has 0 radical (unpaired) electrons. The van der Waals surface area contributed by atoms with E-state index >= 15 is 0 Å². The fourth-order valence-electron chi connectivity index (χ4n) is 1.62. The summed E-state index contributed by atoms with van der Waals surface area (Å²) >= 11 is 0. The molecule has 1 aromatic heterocycles. The van der Waals surface area contributed by atoms with Crippen molar-refractivity contribution in [3.05, 3.63) is 53.1 Å². The van der Waals surface area contributed by atoms with Gasteiger partial charge in [-0.25, -0.2) is 14.4 Å². The molecular formula is C14H16FN3. The molecule has 0 atom stereocenters. The van der Waals surface area contributed by atoms with Crippen LogP contribution in [0, 0.1) is 19.7 Å². The molecule has 0 aliphatic carbocycles. The molecule has 0 bridgehead atoms. The summed E-state index contributed by atoms with van der Waals surface area (Å²) in [6, 6.07) is 6.80. The van der Waals surface area contributed by atoms with Crippen molar-refractivity contribution in [1.82, 2.24) is 9.97 Å². The summed E-state index contributed by atoms with van der Waals surface area (Å²) < 4.78 is 13.4. The molecule has 0 unspecified atom stereocenters. The highest BCUT2D eigenvalue weighted by Crippen LogP contribution is 2.08. The Labute approximate surface area is 106 Å². The number of anilines is 1. The van der Waals surface area contributed by atoms with Crippen LogP contribution in [0.25, 0.3) is 0 Å². The van der Waals surface area contributed by atoms with Crippen LogP contribution in [0.5, 0.6) is 0 Å². The molecule has 18 heavy (non-hydrogen) atoms. The van der Waals surface area contributed by atoms with Gasteiger partial charge in [-0.2, -0.15) is 0 Å². The lowest BCUT2D eigenvalue weighted by Gasteiger charge is -2.07. The lowest BCUT2D eigenvalue weighted by molar-refractivity contribution is 0.610. The fourth-order valence-corrected chi connectivity index (χ4v) is 1.62. The van der Waals surface area contributed by atoms with Crippen molar-refractivity contribution in [2.75, 3.05) is 11.9 Å². The quantitative estimate of drug-likeness (QED) is 0.900. The Hall–Kier alpha value is -1.97. The molecule has 94 valence electrons. The van der Waals surface area contributed by atoms with Crippen LogP contribution in [-0.2, 0) is 6.42 Å². The number of rotatable bonds is 4. The normalized spacial score (nSPS) is 10.4. The molecule has 2 aromatic rings. The second kappa shape index (κ2) is 5.58. The summed E-state index contributed by atoms with van der Waals surface area (Å²) in [7, 11) is 0. The molecule has 1 aromatic carbocycles. The number of benzene rings is 1. The number of nitrogens with one attached hydrogen (secondary N) is 1. The van der Waals surface area contributed by atoms with Crippen LogP contribution in [0.2, 0.25) is 0 Å². The van der Waals surface area contributed by atoms with Gasteiger partial charge in [-0.1, -0.05) is 18.2 Å². The molecule has 1 N–H and O–H groups in total. The number of halogens is 1. The minimum atomic E-state index is -0.166. The molecule has 2 rings (SSSR count). The van der Waals surface area contributed by atoms with Crippen LogP contribution >= 0.6 is 0 Å². The molecule has 4 heteroatoms. The van der Waals surface area contributed by atoms with E-state index in [-0.39, 0.29) is 5.82 Å². The number of nitrogens with zero attached hydrogens (tertiary/aromatic N) is 2. The van der Waals surface area contributed by atoms with Crippen LogP contribution < -0.4 is 5.32 Å². The van der Waals surface area contributed by atoms with E-state index in [9.17, 15) is 4.39 Å². The first-order chi connectivity index (χ1) is 8.66. The van der Waals surface area contributed by atoms with Crippen LogP contribution in [0.4, 0.5) is 10.3 Å². The van der Waals surface area contributed by atoms with Crippen molar-refractivity contribution in [3.8, 4) is 0 Å². The molecule has 0 amide bonds. The van der Waals surface area contributed by atoms with Crippen molar-refractivity contribution in [2.24, 2.45) is 0 Å². The standard InChI is InChI=1S/C14H16FN3/c1-10-9-17-14(18-11(10)2)16-8-7-12-5-3-4-6-13(12)15/h3-6,9H,7-8H2,1-2H3,(H,16,17,18). The van der Waals surface area contributed by atoms with E-state index in [0.717, 1.165) is 11.3 Å². The third-order valence-electron chi connectivity index (χ3n) is 2.86. The second-order valence-corrected chi connectivity index (χ2v) is 4.23. The summed E-state index contributed by atoms with van der Waals surface area (Å²) in [4.78, 5) is 8.49. The predicted molar refractivity (Wildman–Crippen MR) is 70.1 cm³/mol. The van der Waals surface area contributed by atoms with Gasteiger partial charge in [0.05, 0.1) is 0 Å². The average molecular weight is 245 g/mol. The molecule has 0 aliphatic heterocycles. The van der Waals surface area contributed by atoms with Gasteiger partial charge in [0.1, 0.15) is 5.82 Å². The Morgan fingerprint density at radius 2 is 2.00 bits per heavy atom. The van der Waals surface area contributed by atoms with Crippen molar-refractivity contribution in [3.63, 3.8) is 0 Å². The van der Waals surface area contributed by atoms with Crippen molar-refractivity contribution in [1.29, 1.82) is 0 Å². The van der Waals surface area contributed by atoms with Crippen molar-refractivity contribution < 1.29 is 4.39 Å². The number of aromatic nitrogens is 2. The Kier molecular flexibility index (Phi) is 3.87. The van der Waals surface area contributed by atoms with Gasteiger partial charge in [0, 0.05) is 18.4 Å². The van der Waals surface area contributed by atoms with E-state index in [0.29, 0.717) is 24.5 Å². The maximum Gasteiger partial charge on any atom is 0.222 e. The molecule has 0 saturated heterocycles. The predicted octanol–water partition coefficient (Wildman–Crippen LogP) is 2.89. The largest absolute Gasteiger partial charge is 0.354 e. The lowest BCUT2D eigenvalue weighted by Crippen LogP contribution is -2.09. The highest BCUT2D eigenvalue weighted by molar-refractivity contribution is 5.29. The maximum absolute atomic E-state index is 13.4. The highest BCUT2D eigenvalue weighted by Gasteiger charge is 2.02. The summed E-state index contributed by atoms with van der Waals surface area (Å²) in [5.41, 5.74) is 2.72. The van der Waals surface area contributed by atoms with Gasteiger partial charge >= 0.3 is 0 Å². The maximum atomic E-state index is 13.4. The average Bonchev–Trinajstić information content (AvgIpc) is 2.36. The van der Waals surface area contributed by atoms with Crippen LogP contribution in [-0.4, -0.2) is 16.5 Å². The number of aryl methyl sites for hydroxylation is 2. The topological polar surface area (TPSA) is 37.8 Å². The van der Waals surface area contributed by atoms with Gasteiger partial charge in [0.15, 0.2) is 0 Å². The van der Waals surface area contributed by atoms with Crippen LogP contribution in [0.15, 0.2) is 30.5 Å². The van der Waals surface area contributed by atoms with Gasteiger partial charge in [0.25, 0.3) is 0 Å². The Bertz CT molecular complexity index is 540. The van der Waals surface area contributed by atoms with Gasteiger partial charge < -0.3 is 5.32 Å². The molecule has 1 heterocycles. The zero-order chi connectivity index (χ0) is 13.0. The highest BCUT2D eigenvalue weighted by atomic mass is 19.1. The van der Waals surface area contributed by atoms with Crippen LogP contribution in [0.1, 0.15) is 16.8 Å². The van der Waals surface area contributed by atoms with E-state index in [1.165, 1.54) is 6.07 Å². The third kappa shape index (κ3) is 3.03. The minimum absolute atomic E-state index is 0.166. The first-order valence-corrected chi connectivity index (χ1v) is 5.94. The van der Waals surface area contributed by atoms with Gasteiger partial charge in [0.2, 0.25) is 5.95 Å². The molecule has 0 saturated carbocycles. The van der Waals surface area contributed by atoms with Crippen molar-refractivity contribution in [2.45, 2.75) is 20.3 Å². The Morgan fingerprint density at radius 3 is 2.72 bits per heavy atom. The first kappa shape index (κ1) is 12.5. The SMILES string of the molecule is Cc1cnc(NCCc2ccccc2F)nc1C. The van der Waals surface area contributed by atoms with Gasteiger partial charge in [-0.05, 0) is 37.5 Å². The van der Waals surface area contributed by atoms with E-state index in [2.05, 4.69) is 15.3 Å². The minimum Gasteiger partial charge on any atom is -0.354 e. The second-order valence-electron chi connectivity index (χ2n) is 4.23. The Balaban J connectivity index is 1.92. The molecular weight excluding hydrogens is 229 g/mol. The third-order valence-corrected chi connectivity index (χ3v) is 2.86. The fraction of sp³-hybridized carbons (Fsp3) is 0.286. The zero-order valence-corrected chi connectivity index (χ0v) is 10.6. The molecule has 0 spiro atoms. The first-order valence-electron chi connectivity index (χ1n) is 5.94. The number of hydrogen-bond acceptors (Lipinski definition) is 3. The summed E-state index contributed by atoms with van der Waals surface area (Å²) in [5, 5.41) is 3.10. The Morgan fingerprint density at radius 1 is 1.22 bits per heavy atom. The monoisotopic (exact) mass is 245 g/mol. The molecule has 0 aliphatic rings. The van der Waals surface area contributed by atoms with Gasteiger partial charge in [-0.3, -0.25) is 0 Å². The van der Waals surface area contributed by atoms with E-state index in [4.69, 9.17) is 0 Å². The smallest absolute Gasteiger partial charge is 0.222 e. The lowest BCUT2D eigenvalue weighted by atomic mass is 10.1.